The molecule has 0 aliphatic heterocycles. The number of nitrogens with one attached hydrogen (secondary N) is 1. The van der Waals surface area contributed by atoms with Gasteiger partial charge in [-0.15, -0.1) is 0 Å². The van der Waals surface area contributed by atoms with Crippen molar-refractivity contribution in [1.82, 2.24) is 9.62 Å². The van der Waals surface area contributed by atoms with Crippen LogP contribution in [0.15, 0.2) is 47.4 Å². The van der Waals surface area contributed by atoms with Crippen molar-refractivity contribution in [3.05, 3.63) is 59.2 Å². The highest BCUT2D eigenvalue weighted by atomic mass is 32.2. The Morgan fingerprint density at radius 3 is 2.41 bits per heavy atom. The summed E-state index contributed by atoms with van der Waals surface area (Å²) in [6.07, 6.45) is 0. The van der Waals surface area contributed by atoms with Gasteiger partial charge in [0.2, 0.25) is 10.0 Å². The molecule has 0 saturated heterocycles. The molecule has 0 spiro atoms. The Morgan fingerprint density at radius 2 is 1.79 bits per heavy atom. The molecular formula is C20H24N2O6S. The molecule has 2 aromatic carbocycles. The van der Waals surface area contributed by atoms with Crippen LogP contribution in [0.4, 0.5) is 0 Å². The lowest BCUT2D eigenvalue weighted by Gasteiger charge is -2.15. The Morgan fingerprint density at radius 1 is 1.10 bits per heavy atom. The molecule has 9 heteroatoms. The number of sulfonamides is 1. The van der Waals surface area contributed by atoms with Crippen LogP contribution in [0.3, 0.4) is 0 Å². The lowest BCUT2D eigenvalue weighted by Crippen LogP contribution is -2.28. The van der Waals surface area contributed by atoms with Crippen LogP contribution in [0, 0.1) is 6.92 Å². The number of nitrogens with zero attached hydrogens (tertiary/aromatic N) is 1. The molecule has 0 aromatic heterocycles. The maximum Gasteiger partial charge on any atom is 0.338 e. The highest BCUT2D eigenvalue weighted by molar-refractivity contribution is 7.89. The smallest absolute Gasteiger partial charge is 0.338 e. The van der Waals surface area contributed by atoms with Crippen molar-refractivity contribution in [2.24, 2.45) is 0 Å². The number of hydrogen-bond acceptors (Lipinski definition) is 6. The number of esters is 1. The Kier molecular flexibility index (Phi) is 7.35. The first-order valence-electron chi connectivity index (χ1n) is 8.75. The minimum atomic E-state index is -3.83. The predicted octanol–water partition coefficient (Wildman–Crippen LogP) is 1.73. The van der Waals surface area contributed by atoms with Gasteiger partial charge in [0.05, 0.1) is 12.7 Å². The van der Waals surface area contributed by atoms with Crippen LogP contribution in [0.1, 0.15) is 21.5 Å². The number of benzene rings is 2. The van der Waals surface area contributed by atoms with Crippen LogP contribution in [0.25, 0.3) is 0 Å². The van der Waals surface area contributed by atoms with Gasteiger partial charge < -0.3 is 14.8 Å². The van der Waals surface area contributed by atoms with E-state index in [4.69, 9.17) is 9.47 Å². The van der Waals surface area contributed by atoms with Gasteiger partial charge in [-0.3, -0.25) is 4.79 Å². The van der Waals surface area contributed by atoms with E-state index in [9.17, 15) is 18.0 Å². The number of rotatable bonds is 8. The minimum absolute atomic E-state index is 0.00192. The van der Waals surface area contributed by atoms with Crippen LogP contribution in [-0.2, 0) is 26.1 Å². The zero-order valence-corrected chi connectivity index (χ0v) is 17.6. The van der Waals surface area contributed by atoms with Crippen molar-refractivity contribution >= 4 is 21.9 Å². The molecule has 0 aliphatic rings. The lowest BCUT2D eigenvalue weighted by atomic mass is 10.1. The first kappa shape index (κ1) is 22.4. The molecule has 0 aliphatic carbocycles. The number of amides is 1. The second-order valence-corrected chi connectivity index (χ2v) is 8.55. The molecular weight excluding hydrogens is 396 g/mol. The molecule has 0 heterocycles. The van der Waals surface area contributed by atoms with Crippen molar-refractivity contribution in [3.8, 4) is 5.75 Å². The van der Waals surface area contributed by atoms with E-state index in [0.717, 1.165) is 15.4 Å². The normalized spacial score (nSPS) is 11.2. The zero-order chi connectivity index (χ0) is 21.6. The highest BCUT2D eigenvalue weighted by Gasteiger charge is 2.24. The number of aryl methyl sites for hydroxylation is 1. The molecule has 0 radical (unpaired) electrons. The SMILES string of the molecule is COc1ccc(C(=O)OCC(=O)NCc2ccccc2C)cc1S(=O)(=O)N(C)C. The summed E-state index contributed by atoms with van der Waals surface area (Å²) < 4.78 is 36.0. The third-order valence-electron chi connectivity index (χ3n) is 4.23. The first-order valence-corrected chi connectivity index (χ1v) is 10.2. The monoisotopic (exact) mass is 420 g/mol. The molecule has 1 N–H and O–H groups in total. The van der Waals surface area contributed by atoms with E-state index in [1.807, 2.05) is 31.2 Å². The largest absolute Gasteiger partial charge is 0.495 e. The van der Waals surface area contributed by atoms with Crippen molar-refractivity contribution in [3.63, 3.8) is 0 Å². The van der Waals surface area contributed by atoms with E-state index in [1.165, 1.54) is 39.4 Å². The van der Waals surface area contributed by atoms with Gasteiger partial charge in [0.25, 0.3) is 5.91 Å². The summed E-state index contributed by atoms with van der Waals surface area (Å²) in [5.41, 5.74) is 2.00. The summed E-state index contributed by atoms with van der Waals surface area (Å²) >= 11 is 0. The van der Waals surface area contributed by atoms with Crippen LogP contribution < -0.4 is 10.1 Å². The average molecular weight is 420 g/mol. The second-order valence-electron chi connectivity index (χ2n) is 6.43. The molecule has 0 fully saturated rings. The molecule has 0 atom stereocenters. The third-order valence-corrected chi connectivity index (χ3v) is 6.07. The molecule has 156 valence electrons. The summed E-state index contributed by atoms with van der Waals surface area (Å²) in [6.45, 7) is 1.77. The Labute approximate surface area is 170 Å². The number of ether oxygens (including phenoxy) is 2. The van der Waals surface area contributed by atoms with E-state index in [0.29, 0.717) is 6.54 Å². The van der Waals surface area contributed by atoms with Crippen molar-refractivity contribution in [1.29, 1.82) is 0 Å². The summed E-state index contributed by atoms with van der Waals surface area (Å²) in [5, 5.41) is 2.68. The van der Waals surface area contributed by atoms with Gasteiger partial charge in [0.1, 0.15) is 10.6 Å². The summed E-state index contributed by atoms with van der Waals surface area (Å²) in [7, 11) is 0.252. The fourth-order valence-electron chi connectivity index (χ4n) is 2.47. The zero-order valence-electron chi connectivity index (χ0n) is 16.8. The maximum absolute atomic E-state index is 12.4. The van der Waals surface area contributed by atoms with Crippen LogP contribution >= 0.6 is 0 Å². The number of hydrogen-bond donors (Lipinski definition) is 1. The van der Waals surface area contributed by atoms with Gasteiger partial charge in [-0.25, -0.2) is 17.5 Å². The fraction of sp³-hybridized carbons (Fsp3) is 0.300. The number of methoxy groups -OCH3 is 1. The molecule has 0 saturated carbocycles. The van der Waals surface area contributed by atoms with Crippen molar-refractivity contribution in [2.45, 2.75) is 18.4 Å². The van der Waals surface area contributed by atoms with E-state index >= 15 is 0 Å². The Balaban J connectivity index is 2.03. The molecule has 2 aromatic rings. The first-order chi connectivity index (χ1) is 13.7. The minimum Gasteiger partial charge on any atom is -0.495 e. The van der Waals surface area contributed by atoms with Gasteiger partial charge in [-0.1, -0.05) is 24.3 Å². The summed E-state index contributed by atoms with van der Waals surface area (Å²) in [5.74, 6) is -1.17. The molecule has 29 heavy (non-hydrogen) atoms. The Hall–Kier alpha value is -2.91. The van der Waals surface area contributed by atoms with E-state index in [-0.39, 0.29) is 16.2 Å². The van der Waals surface area contributed by atoms with Crippen LogP contribution in [0.5, 0.6) is 5.75 Å². The predicted molar refractivity (Wildman–Crippen MR) is 107 cm³/mol. The number of carbonyl (C=O) groups is 2. The van der Waals surface area contributed by atoms with Gasteiger partial charge in [-0.2, -0.15) is 0 Å². The fourth-order valence-corrected chi connectivity index (χ4v) is 3.54. The van der Waals surface area contributed by atoms with E-state index in [1.54, 1.807) is 0 Å². The topological polar surface area (TPSA) is 102 Å². The van der Waals surface area contributed by atoms with E-state index in [2.05, 4.69) is 5.32 Å². The average Bonchev–Trinajstić information content (AvgIpc) is 2.70. The van der Waals surface area contributed by atoms with Crippen molar-refractivity contribution < 1.29 is 27.5 Å². The summed E-state index contributed by atoms with van der Waals surface area (Å²) in [6, 6.07) is 11.5. The molecule has 0 unspecified atom stereocenters. The number of carbonyl (C=O) groups excluding carboxylic acids is 2. The lowest BCUT2D eigenvalue weighted by molar-refractivity contribution is -0.124. The molecule has 2 rings (SSSR count). The van der Waals surface area contributed by atoms with Gasteiger partial charge in [0.15, 0.2) is 6.61 Å². The molecule has 8 nitrogen and oxygen atoms in total. The quantitative estimate of drug-likeness (QED) is 0.653. The maximum atomic E-state index is 12.4. The van der Waals surface area contributed by atoms with E-state index < -0.39 is 28.5 Å². The second kappa shape index (κ2) is 9.53. The standard InChI is InChI=1S/C20H24N2O6S/c1-14-7-5-6-8-16(14)12-21-19(23)13-28-20(24)15-9-10-17(27-4)18(11-15)29(25,26)22(2)3/h5-11H,12-13H2,1-4H3,(H,21,23). The van der Waals surface area contributed by atoms with Crippen LogP contribution in [-0.4, -0.2) is 52.4 Å². The van der Waals surface area contributed by atoms with Gasteiger partial charge >= 0.3 is 5.97 Å². The molecule has 1 amide bonds. The van der Waals surface area contributed by atoms with Gasteiger partial charge in [-0.05, 0) is 36.2 Å². The third kappa shape index (κ3) is 5.55. The summed E-state index contributed by atoms with van der Waals surface area (Å²) in [4.78, 5) is 24.1. The van der Waals surface area contributed by atoms with Crippen molar-refractivity contribution in [2.75, 3.05) is 27.8 Å². The Bertz CT molecular complexity index is 1000. The van der Waals surface area contributed by atoms with Gasteiger partial charge in [0, 0.05) is 20.6 Å². The highest BCUT2D eigenvalue weighted by Crippen LogP contribution is 2.27. The van der Waals surface area contributed by atoms with Crippen LogP contribution in [0.2, 0.25) is 0 Å². The molecule has 0 bridgehead atoms.